The molecule has 2 atom stereocenters. The van der Waals surface area contributed by atoms with E-state index in [9.17, 15) is 4.79 Å². The van der Waals surface area contributed by atoms with E-state index in [2.05, 4.69) is 40.6 Å². The number of hydrogen-bond acceptors (Lipinski definition) is 12. The average molecular weight is 547 g/mol. The molecule has 3 N–H and O–H groups in total. The third kappa shape index (κ3) is 5.41. The number of nitrogens with one attached hydrogen (secondary N) is 3. The van der Waals surface area contributed by atoms with Gasteiger partial charge in [-0.3, -0.25) is 19.8 Å². The van der Waals surface area contributed by atoms with Gasteiger partial charge in [-0.2, -0.15) is 20.1 Å². The third-order valence-corrected chi connectivity index (χ3v) is 8.10. The molecule has 0 radical (unpaired) electrons. The summed E-state index contributed by atoms with van der Waals surface area (Å²) in [7, 11) is 1.66. The monoisotopic (exact) mass is 546 g/mol. The number of piperazine rings is 1. The molecule has 2 saturated heterocycles. The van der Waals surface area contributed by atoms with E-state index < -0.39 is 6.04 Å². The first-order chi connectivity index (χ1) is 19.6. The Bertz CT molecular complexity index is 1340. The van der Waals surface area contributed by atoms with Crippen molar-refractivity contribution in [2.45, 2.75) is 56.2 Å². The Labute approximate surface area is 232 Å². The number of ether oxygens (including phenoxy) is 1. The first-order valence-corrected chi connectivity index (χ1v) is 14.1. The molecular formula is C26H34N12O2. The van der Waals surface area contributed by atoms with Crippen molar-refractivity contribution in [2.75, 3.05) is 60.3 Å². The standard InChI is InChI=1S/C26H34N12O2/c1-40-18-12-20(23(39)29-22-14-27-6-7-28-22)38(15-18)26-32-24(30-21-13-19(34-35-21)16-2-3-16)31-25(33-26)37-10-8-36(9-11-37)17-4-5-17/h6-7,13-14,16-18,20H,2-5,8-12,15H2,1H3,(H,28,29,39)(H2,30,31,32,33,34,35)/t18-,20-/m0/s1. The van der Waals surface area contributed by atoms with E-state index in [0.717, 1.165) is 37.9 Å². The van der Waals surface area contributed by atoms with Crippen molar-refractivity contribution in [2.24, 2.45) is 0 Å². The van der Waals surface area contributed by atoms with Crippen LogP contribution in [0.25, 0.3) is 0 Å². The number of hydrogen-bond donors (Lipinski definition) is 3. The van der Waals surface area contributed by atoms with Gasteiger partial charge < -0.3 is 25.2 Å². The van der Waals surface area contributed by atoms with E-state index in [1.165, 1.54) is 31.9 Å². The van der Waals surface area contributed by atoms with E-state index in [-0.39, 0.29) is 12.0 Å². The van der Waals surface area contributed by atoms with E-state index in [1.807, 2.05) is 11.0 Å². The molecule has 0 spiro atoms. The Morgan fingerprint density at radius 3 is 2.58 bits per heavy atom. The lowest BCUT2D eigenvalue weighted by atomic mass is 10.2. The van der Waals surface area contributed by atoms with Crippen LogP contribution in [0.2, 0.25) is 0 Å². The van der Waals surface area contributed by atoms with Gasteiger partial charge >= 0.3 is 0 Å². The zero-order valence-corrected chi connectivity index (χ0v) is 22.5. The van der Waals surface area contributed by atoms with Crippen LogP contribution in [0.1, 0.15) is 43.7 Å². The summed E-state index contributed by atoms with van der Waals surface area (Å²) < 4.78 is 5.67. The van der Waals surface area contributed by atoms with Crippen molar-refractivity contribution in [3.8, 4) is 0 Å². The quantitative estimate of drug-likeness (QED) is 0.357. The van der Waals surface area contributed by atoms with Gasteiger partial charge in [0.25, 0.3) is 0 Å². The first kappa shape index (κ1) is 25.1. The molecular weight excluding hydrogens is 512 g/mol. The molecule has 0 bridgehead atoms. The van der Waals surface area contributed by atoms with Crippen LogP contribution in [0.5, 0.6) is 0 Å². The number of carbonyl (C=O) groups excluding carboxylic acids is 1. The van der Waals surface area contributed by atoms with Crippen LogP contribution >= 0.6 is 0 Å². The Morgan fingerprint density at radius 2 is 1.85 bits per heavy atom. The molecule has 3 aromatic rings. The largest absolute Gasteiger partial charge is 0.380 e. The molecule has 4 aliphatic rings. The molecule has 2 saturated carbocycles. The molecule has 14 nitrogen and oxygen atoms in total. The van der Waals surface area contributed by atoms with Crippen LogP contribution in [0.15, 0.2) is 24.7 Å². The molecule has 3 aromatic heterocycles. The summed E-state index contributed by atoms with van der Waals surface area (Å²) in [6.07, 6.45) is 9.94. The van der Waals surface area contributed by atoms with Crippen LogP contribution in [-0.2, 0) is 9.53 Å². The van der Waals surface area contributed by atoms with Gasteiger partial charge in [-0.1, -0.05) is 0 Å². The maximum atomic E-state index is 13.4. The Balaban J connectivity index is 1.17. The van der Waals surface area contributed by atoms with Crippen molar-refractivity contribution < 1.29 is 9.53 Å². The summed E-state index contributed by atoms with van der Waals surface area (Å²) in [5.74, 6) is 2.81. The van der Waals surface area contributed by atoms with Crippen LogP contribution < -0.4 is 20.4 Å². The minimum absolute atomic E-state index is 0.149. The third-order valence-electron chi connectivity index (χ3n) is 8.10. The normalized spacial score (nSPS) is 23.4. The molecule has 210 valence electrons. The SMILES string of the molecule is CO[C@H]1C[C@@H](C(=O)Nc2cnccn2)N(c2nc(Nc3cc(C4CC4)[nH]n3)nc(N3CCN(C4CC4)CC3)n2)C1. The van der Waals surface area contributed by atoms with E-state index >= 15 is 0 Å². The molecule has 1 amide bonds. The zero-order chi connectivity index (χ0) is 27.1. The highest BCUT2D eigenvalue weighted by Gasteiger charge is 2.40. The highest BCUT2D eigenvalue weighted by atomic mass is 16.5. The second-order valence-corrected chi connectivity index (χ2v) is 11.0. The predicted molar refractivity (Wildman–Crippen MR) is 148 cm³/mol. The fourth-order valence-electron chi connectivity index (χ4n) is 5.54. The number of methoxy groups -OCH3 is 1. The van der Waals surface area contributed by atoms with Crippen molar-refractivity contribution in [1.82, 2.24) is 40.0 Å². The molecule has 2 aliphatic heterocycles. The number of H-pyrrole nitrogens is 1. The molecule has 0 aromatic carbocycles. The summed E-state index contributed by atoms with van der Waals surface area (Å²) in [5, 5.41) is 13.7. The van der Waals surface area contributed by atoms with E-state index in [4.69, 9.17) is 19.7 Å². The van der Waals surface area contributed by atoms with Gasteiger partial charge in [0.1, 0.15) is 6.04 Å². The Hall–Kier alpha value is -3.91. The topological polar surface area (TPSA) is 153 Å². The lowest BCUT2D eigenvalue weighted by Gasteiger charge is -2.35. The summed E-state index contributed by atoms with van der Waals surface area (Å²) in [5.41, 5.74) is 1.12. The zero-order valence-electron chi connectivity index (χ0n) is 22.5. The summed E-state index contributed by atoms with van der Waals surface area (Å²) >= 11 is 0. The van der Waals surface area contributed by atoms with E-state index in [1.54, 1.807) is 19.5 Å². The predicted octanol–water partition coefficient (Wildman–Crippen LogP) is 1.52. The van der Waals surface area contributed by atoms with Crippen LogP contribution in [0.4, 0.5) is 29.5 Å². The van der Waals surface area contributed by atoms with E-state index in [0.29, 0.717) is 48.4 Å². The number of aromatic nitrogens is 7. The number of rotatable bonds is 9. The fraction of sp³-hybridized carbons (Fsp3) is 0.577. The molecule has 40 heavy (non-hydrogen) atoms. The lowest BCUT2D eigenvalue weighted by molar-refractivity contribution is -0.117. The van der Waals surface area contributed by atoms with Crippen LogP contribution in [-0.4, -0.2) is 104 Å². The molecule has 2 aliphatic carbocycles. The summed E-state index contributed by atoms with van der Waals surface area (Å²) in [6, 6.07) is 2.20. The molecule has 5 heterocycles. The average Bonchev–Trinajstić information content (AvgIpc) is 3.92. The number of carbonyl (C=O) groups is 1. The second kappa shape index (κ2) is 10.6. The van der Waals surface area contributed by atoms with Gasteiger partial charge in [-0.15, -0.1) is 0 Å². The van der Waals surface area contributed by atoms with Crippen molar-refractivity contribution in [1.29, 1.82) is 0 Å². The lowest BCUT2D eigenvalue weighted by Crippen LogP contribution is -2.48. The number of amides is 1. The van der Waals surface area contributed by atoms with Crippen molar-refractivity contribution in [3.63, 3.8) is 0 Å². The second-order valence-electron chi connectivity index (χ2n) is 11.0. The van der Waals surface area contributed by atoms with Gasteiger partial charge in [0, 0.05) is 82.4 Å². The Kier molecular flexibility index (Phi) is 6.63. The maximum absolute atomic E-state index is 13.4. The number of nitrogens with zero attached hydrogens (tertiary/aromatic N) is 9. The molecule has 4 fully saturated rings. The van der Waals surface area contributed by atoms with Crippen molar-refractivity contribution in [3.05, 3.63) is 30.4 Å². The maximum Gasteiger partial charge on any atom is 0.248 e. The molecule has 7 rings (SSSR count). The highest BCUT2D eigenvalue weighted by molar-refractivity contribution is 5.96. The summed E-state index contributed by atoms with van der Waals surface area (Å²) in [4.78, 5) is 42.8. The Morgan fingerprint density at radius 1 is 1.02 bits per heavy atom. The fourth-order valence-corrected chi connectivity index (χ4v) is 5.54. The smallest absolute Gasteiger partial charge is 0.248 e. The van der Waals surface area contributed by atoms with Gasteiger partial charge in [0.15, 0.2) is 11.6 Å². The van der Waals surface area contributed by atoms with Gasteiger partial charge in [0.2, 0.25) is 23.8 Å². The molecule has 0 unspecified atom stereocenters. The number of aromatic amines is 1. The highest BCUT2D eigenvalue weighted by Crippen LogP contribution is 2.39. The first-order valence-electron chi connectivity index (χ1n) is 14.1. The van der Waals surface area contributed by atoms with Crippen molar-refractivity contribution >= 4 is 35.4 Å². The number of anilines is 5. The van der Waals surface area contributed by atoms with Crippen LogP contribution in [0.3, 0.4) is 0 Å². The van der Waals surface area contributed by atoms with Gasteiger partial charge in [-0.25, -0.2) is 4.98 Å². The van der Waals surface area contributed by atoms with Gasteiger partial charge in [-0.05, 0) is 25.7 Å². The minimum Gasteiger partial charge on any atom is -0.380 e. The molecule has 14 heteroatoms. The van der Waals surface area contributed by atoms with Crippen LogP contribution in [0, 0.1) is 0 Å². The minimum atomic E-state index is -0.548. The summed E-state index contributed by atoms with van der Waals surface area (Å²) in [6.45, 7) is 4.12. The van der Waals surface area contributed by atoms with Gasteiger partial charge in [0.05, 0.1) is 12.3 Å².